The molecule has 0 aliphatic carbocycles. The molecule has 0 aliphatic rings. The number of ether oxygens (including phenoxy) is 1. The van der Waals surface area contributed by atoms with Crippen LogP contribution in [-0.2, 0) is 21.4 Å². The van der Waals surface area contributed by atoms with Crippen molar-refractivity contribution in [2.45, 2.75) is 16.7 Å². The first-order chi connectivity index (χ1) is 12.4. The smallest absolute Gasteiger partial charge is 0.338 e. The summed E-state index contributed by atoms with van der Waals surface area (Å²) in [6.45, 7) is 3.31. The molecule has 0 spiro atoms. The third kappa shape index (κ3) is 5.28. The summed E-state index contributed by atoms with van der Waals surface area (Å²) in [5, 5.41) is 0.407. The highest BCUT2D eigenvalue weighted by molar-refractivity contribution is 7.98. The van der Waals surface area contributed by atoms with Gasteiger partial charge in [0.15, 0.2) is 5.16 Å². The first kappa shape index (κ1) is 19.9. The topological polar surface area (TPSA) is 118 Å². The quantitative estimate of drug-likeness (QED) is 0.299. The standard InChI is InChI=1S/C16H17N3O5S2/c1-3-7-17-26(22,23)13-6-4-5-11(8-13)15(21)24-10-12-9-14(20)19-16(18-12)25-2/h3-6,8-9,17H,1,7,10H2,2H3,(H,18,19,20). The van der Waals surface area contributed by atoms with E-state index in [0.717, 1.165) is 0 Å². The first-order valence-electron chi connectivity index (χ1n) is 7.37. The Morgan fingerprint density at radius 3 is 2.88 bits per heavy atom. The third-order valence-electron chi connectivity index (χ3n) is 3.12. The van der Waals surface area contributed by atoms with Gasteiger partial charge in [0.2, 0.25) is 10.0 Å². The van der Waals surface area contributed by atoms with E-state index in [-0.39, 0.29) is 29.2 Å². The summed E-state index contributed by atoms with van der Waals surface area (Å²) in [6, 6.07) is 6.69. The van der Waals surface area contributed by atoms with Crippen LogP contribution in [0.15, 0.2) is 57.8 Å². The number of nitrogens with zero attached hydrogens (tertiary/aromatic N) is 1. The molecule has 0 radical (unpaired) electrons. The molecule has 8 nitrogen and oxygen atoms in total. The van der Waals surface area contributed by atoms with Gasteiger partial charge in [-0.15, -0.1) is 6.58 Å². The van der Waals surface area contributed by atoms with Crippen molar-refractivity contribution in [2.24, 2.45) is 0 Å². The van der Waals surface area contributed by atoms with Crippen LogP contribution in [0.1, 0.15) is 16.1 Å². The summed E-state index contributed by atoms with van der Waals surface area (Å²) in [5.74, 6) is -0.724. The van der Waals surface area contributed by atoms with Crippen molar-refractivity contribution in [1.29, 1.82) is 0 Å². The highest BCUT2D eigenvalue weighted by Crippen LogP contribution is 2.13. The van der Waals surface area contributed by atoms with Gasteiger partial charge in [-0.25, -0.2) is 22.9 Å². The lowest BCUT2D eigenvalue weighted by molar-refractivity contribution is 0.0466. The molecular formula is C16H17N3O5S2. The van der Waals surface area contributed by atoms with Crippen LogP contribution < -0.4 is 10.3 Å². The minimum atomic E-state index is -3.75. The number of esters is 1. The van der Waals surface area contributed by atoms with Crippen LogP contribution in [0.2, 0.25) is 0 Å². The Morgan fingerprint density at radius 2 is 2.19 bits per heavy atom. The number of thioether (sulfide) groups is 1. The molecule has 1 aromatic carbocycles. The van der Waals surface area contributed by atoms with Crippen molar-refractivity contribution in [3.05, 3.63) is 64.6 Å². The van der Waals surface area contributed by atoms with Gasteiger partial charge in [0.05, 0.1) is 16.2 Å². The minimum absolute atomic E-state index is 0.0623. The summed E-state index contributed by atoms with van der Waals surface area (Å²) in [6.07, 6.45) is 3.16. The van der Waals surface area contributed by atoms with Crippen molar-refractivity contribution in [2.75, 3.05) is 12.8 Å². The van der Waals surface area contributed by atoms with Crippen molar-refractivity contribution in [3.63, 3.8) is 0 Å². The summed E-state index contributed by atoms with van der Waals surface area (Å²) in [5.41, 5.74) is 0.0149. The fraction of sp³-hybridized carbons (Fsp3) is 0.188. The molecule has 0 unspecified atom stereocenters. The lowest BCUT2D eigenvalue weighted by atomic mass is 10.2. The van der Waals surface area contributed by atoms with Gasteiger partial charge in [-0.1, -0.05) is 23.9 Å². The molecule has 2 N–H and O–H groups in total. The molecule has 10 heteroatoms. The normalized spacial score (nSPS) is 11.1. The lowest BCUT2D eigenvalue weighted by Crippen LogP contribution is -2.24. The Bertz CT molecular complexity index is 970. The van der Waals surface area contributed by atoms with Gasteiger partial charge in [0, 0.05) is 12.6 Å². The van der Waals surface area contributed by atoms with Crippen molar-refractivity contribution < 1.29 is 17.9 Å². The monoisotopic (exact) mass is 395 g/mol. The number of nitrogens with one attached hydrogen (secondary N) is 2. The lowest BCUT2D eigenvalue weighted by Gasteiger charge is -2.08. The molecule has 0 fully saturated rings. The Labute approximate surface area is 154 Å². The molecule has 0 amide bonds. The Morgan fingerprint density at radius 1 is 1.42 bits per heavy atom. The van der Waals surface area contributed by atoms with Crippen molar-refractivity contribution in [1.82, 2.24) is 14.7 Å². The van der Waals surface area contributed by atoms with Crippen LogP contribution in [-0.4, -0.2) is 37.2 Å². The molecule has 2 aromatic rings. The number of aromatic amines is 1. The van der Waals surface area contributed by atoms with Crippen LogP contribution in [0.5, 0.6) is 0 Å². The fourth-order valence-corrected chi connectivity index (χ4v) is 3.37. The summed E-state index contributed by atoms with van der Waals surface area (Å²) < 4.78 is 31.6. The number of hydrogen-bond acceptors (Lipinski definition) is 7. The van der Waals surface area contributed by atoms with Crippen LogP contribution in [0.3, 0.4) is 0 Å². The highest BCUT2D eigenvalue weighted by atomic mass is 32.2. The molecule has 2 rings (SSSR count). The Hall–Kier alpha value is -2.43. The number of aromatic nitrogens is 2. The van der Waals surface area contributed by atoms with E-state index in [2.05, 4.69) is 21.3 Å². The zero-order valence-electron chi connectivity index (χ0n) is 13.9. The van der Waals surface area contributed by atoms with E-state index in [1.165, 1.54) is 48.2 Å². The number of carbonyl (C=O) groups is 1. The number of hydrogen-bond donors (Lipinski definition) is 2. The van der Waals surface area contributed by atoms with Crippen LogP contribution in [0.25, 0.3) is 0 Å². The van der Waals surface area contributed by atoms with Crippen molar-refractivity contribution >= 4 is 27.8 Å². The van der Waals surface area contributed by atoms with Gasteiger partial charge in [-0.2, -0.15) is 0 Å². The SMILES string of the molecule is C=CCNS(=O)(=O)c1cccc(C(=O)OCc2cc(=O)[nH]c(SC)n2)c1. The van der Waals surface area contributed by atoms with E-state index in [1.54, 1.807) is 6.26 Å². The number of carbonyl (C=O) groups excluding carboxylic acids is 1. The maximum absolute atomic E-state index is 12.2. The van der Waals surface area contributed by atoms with Crippen LogP contribution in [0, 0.1) is 0 Å². The van der Waals surface area contributed by atoms with Gasteiger partial charge < -0.3 is 9.72 Å². The second kappa shape index (κ2) is 8.79. The molecular weight excluding hydrogens is 378 g/mol. The Balaban J connectivity index is 2.13. The molecule has 0 saturated carbocycles. The fourth-order valence-electron chi connectivity index (χ4n) is 1.92. The number of rotatable bonds is 8. The minimum Gasteiger partial charge on any atom is -0.456 e. The summed E-state index contributed by atoms with van der Waals surface area (Å²) in [4.78, 5) is 30.3. The average Bonchev–Trinajstić information content (AvgIpc) is 2.64. The molecule has 1 aromatic heterocycles. The van der Waals surface area contributed by atoms with Gasteiger partial charge in [-0.05, 0) is 24.5 Å². The van der Waals surface area contributed by atoms with Gasteiger partial charge in [-0.3, -0.25) is 4.79 Å². The number of H-pyrrole nitrogens is 1. The summed E-state index contributed by atoms with van der Waals surface area (Å²) in [7, 11) is -3.75. The molecule has 0 atom stereocenters. The average molecular weight is 395 g/mol. The zero-order valence-corrected chi connectivity index (χ0v) is 15.5. The predicted octanol–water partition coefficient (Wildman–Crippen LogP) is 1.31. The number of benzene rings is 1. The molecule has 0 bridgehead atoms. The summed E-state index contributed by atoms with van der Waals surface area (Å²) >= 11 is 1.25. The molecule has 1 heterocycles. The molecule has 138 valence electrons. The first-order valence-corrected chi connectivity index (χ1v) is 10.1. The second-order valence-electron chi connectivity index (χ2n) is 4.99. The molecule has 0 saturated heterocycles. The maximum atomic E-state index is 12.2. The van der Waals surface area contributed by atoms with E-state index in [4.69, 9.17) is 4.74 Å². The largest absolute Gasteiger partial charge is 0.456 e. The van der Waals surface area contributed by atoms with Gasteiger partial charge >= 0.3 is 5.97 Å². The molecule has 0 aliphatic heterocycles. The van der Waals surface area contributed by atoms with Crippen LogP contribution >= 0.6 is 11.8 Å². The third-order valence-corrected chi connectivity index (χ3v) is 5.12. The van der Waals surface area contributed by atoms with E-state index in [9.17, 15) is 18.0 Å². The van der Waals surface area contributed by atoms with E-state index in [0.29, 0.717) is 10.9 Å². The maximum Gasteiger partial charge on any atom is 0.338 e. The van der Waals surface area contributed by atoms with Gasteiger partial charge in [0.1, 0.15) is 6.61 Å². The molecule has 26 heavy (non-hydrogen) atoms. The van der Waals surface area contributed by atoms with E-state index < -0.39 is 16.0 Å². The van der Waals surface area contributed by atoms with E-state index in [1.807, 2.05) is 0 Å². The van der Waals surface area contributed by atoms with Crippen LogP contribution in [0.4, 0.5) is 0 Å². The van der Waals surface area contributed by atoms with E-state index >= 15 is 0 Å². The predicted molar refractivity (Wildman–Crippen MR) is 97.6 cm³/mol. The van der Waals surface area contributed by atoms with Gasteiger partial charge in [0.25, 0.3) is 5.56 Å². The van der Waals surface area contributed by atoms with Crippen molar-refractivity contribution in [3.8, 4) is 0 Å². The second-order valence-corrected chi connectivity index (χ2v) is 7.55. The zero-order chi connectivity index (χ0) is 19.2. The number of sulfonamides is 1. The Kier molecular flexibility index (Phi) is 6.72. The highest BCUT2D eigenvalue weighted by Gasteiger charge is 2.16.